The number of carbonyl (C=O) groups is 2. The number of rotatable bonds is 6. The largest absolute Gasteiger partial charge is 0.465 e. The Hall–Kier alpha value is -1.96. The summed E-state index contributed by atoms with van der Waals surface area (Å²) in [5, 5.41) is 11.3. The van der Waals surface area contributed by atoms with Crippen molar-refractivity contribution in [3.05, 3.63) is 22.3 Å². The Kier molecular flexibility index (Phi) is 4.11. The van der Waals surface area contributed by atoms with Crippen LogP contribution in [-0.2, 0) is 23.8 Å². The van der Waals surface area contributed by atoms with E-state index >= 15 is 0 Å². The van der Waals surface area contributed by atoms with E-state index in [1.807, 2.05) is 6.08 Å². The average Bonchev–Trinajstić information content (AvgIpc) is 3.16. The molecule has 132 valence electrons. The van der Waals surface area contributed by atoms with Gasteiger partial charge in [0.05, 0.1) is 25.2 Å². The third-order valence-corrected chi connectivity index (χ3v) is 5.40. The molecule has 2 fully saturated rings. The number of esters is 2. The molecule has 1 spiro atoms. The molecule has 2 heterocycles. The van der Waals surface area contributed by atoms with Gasteiger partial charge in [0.15, 0.2) is 5.41 Å². The monoisotopic (exact) mass is 339 g/mol. The number of ether oxygens (including phenoxy) is 3. The van der Waals surface area contributed by atoms with E-state index in [1.54, 1.807) is 19.9 Å². The molecule has 0 N–H and O–H groups in total. The first-order chi connectivity index (χ1) is 11.4. The van der Waals surface area contributed by atoms with Crippen molar-refractivity contribution < 1.29 is 28.7 Å². The average molecular weight is 339 g/mol. The number of hydrogen-bond acceptors (Lipinski definition) is 7. The number of nitro groups is 1. The van der Waals surface area contributed by atoms with E-state index in [9.17, 15) is 19.7 Å². The van der Waals surface area contributed by atoms with Crippen molar-refractivity contribution in [3.8, 4) is 0 Å². The number of hydrogen-bond donors (Lipinski definition) is 0. The molecule has 3 rings (SSSR count). The molecule has 0 radical (unpaired) electrons. The van der Waals surface area contributed by atoms with Crippen LogP contribution in [0.5, 0.6) is 0 Å². The van der Waals surface area contributed by atoms with Gasteiger partial charge >= 0.3 is 11.9 Å². The van der Waals surface area contributed by atoms with Crippen molar-refractivity contribution in [1.29, 1.82) is 0 Å². The van der Waals surface area contributed by atoms with Gasteiger partial charge in [-0.2, -0.15) is 0 Å². The molecule has 0 amide bonds. The van der Waals surface area contributed by atoms with Crippen LogP contribution in [0.15, 0.2) is 12.2 Å². The molecule has 1 aliphatic carbocycles. The molecule has 8 heteroatoms. The Balaban J connectivity index is 2.08. The predicted octanol–water partition coefficient (Wildman–Crippen LogP) is 1.11. The maximum Gasteiger partial charge on any atom is 0.324 e. The van der Waals surface area contributed by atoms with E-state index in [0.29, 0.717) is 6.42 Å². The summed E-state index contributed by atoms with van der Waals surface area (Å²) in [7, 11) is 0. The van der Waals surface area contributed by atoms with Crippen molar-refractivity contribution >= 4 is 11.9 Å². The topological polar surface area (TPSA) is 105 Å². The summed E-state index contributed by atoms with van der Waals surface area (Å²) in [5.41, 5.74) is -2.65. The van der Waals surface area contributed by atoms with Crippen molar-refractivity contribution in [2.75, 3.05) is 19.8 Å². The van der Waals surface area contributed by atoms with Crippen LogP contribution in [0, 0.1) is 27.4 Å². The predicted molar refractivity (Wildman–Crippen MR) is 80.5 cm³/mol. The minimum absolute atomic E-state index is 0.0855. The molecular formula is C16H21NO7. The van der Waals surface area contributed by atoms with Crippen molar-refractivity contribution in [3.63, 3.8) is 0 Å². The van der Waals surface area contributed by atoms with Gasteiger partial charge in [-0.15, -0.1) is 0 Å². The lowest BCUT2D eigenvalue weighted by atomic mass is 9.73. The zero-order chi connectivity index (χ0) is 17.5. The van der Waals surface area contributed by atoms with Crippen LogP contribution in [0.4, 0.5) is 0 Å². The van der Waals surface area contributed by atoms with Crippen LogP contribution in [0.25, 0.3) is 0 Å². The summed E-state index contributed by atoms with van der Waals surface area (Å²) >= 11 is 0. The lowest BCUT2D eigenvalue weighted by Crippen LogP contribution is -2.52. The molecule has 0 aromatic rings. The van der Waals surface area contributed by atoms with E-state index in [1.165, 1.54) is 0 Å². The Morgan fingerprint density at radius 1 is 1.29 bits per heavy atom. The summed E-state index contributed by atoms with van der Waals surface area (Å²) < 4.78 is 16.2. The number of carbonyl (C=O) groups excluding carboxylic acids is 2. The summed E-state index contributed by atoms with van der Waals surface area (Å²) in [6.07, 6.45) is 4.34. The highest BCUT2D eigenvalue weighted by atomic mass is 16.6. The zero-order valence-corrected chi connectivity index (χ0v) is 13.7. The fourth-order valence-electron chi connectivity index (χ4n) is 4.57. The molecule has 1 saturated heterocycles. The molecule has 1 saturated carbocycles. The van der Waals surface area contributed by atoms with Crippen LogP contribution >= 0.6 is 0 Å². The van der Waals surface area contributed by atoms with E-state index < -0.39 is 40.3 Å². The van der Waals surface area contributed by atoms with E-state index in [4.69, 9.17) is 14.2 Å². The Morgan fingerprint density at radius 3 is 2.42 bits per heavy atom. The normalized spacial score (nSPS) is 34.8. The standard InChI is InChI=1S/C16H21NO7/c1-3-22-13(18)15(14(19)23-4-2)8-10-7-11-5-6-16(10,24-11)12(15)9-17(20)21/h5-6,10-12H,3-4,7-9H2,1-2H3. The SMILES string of the molecule is CCOC(=O)C1(C(=O)OCC)CC2CC3C=CC2(O3)C1C[N+](=O)[O-]. The lowest BCUT2D eigenvalue weighted by Gasteiger charge is -2.34. The smallest absolute Gasteiger partial charge is 0.324 e. The molecule has 2 bridgehead atoms. The summed E-state index contributed by atoms with van der Waals surface area (Å²) in [6.45, 7) is 2.89. The molecule has 0 aromatic heterocycles. The van der Waals surface area contributed by atoms with E-state index in [0.717, 1.165) is 0 Å². The molecule has 8 nitrogen and oxygen atoms in total. The quantitative estimate of drug-likeness (QED) is 0.235. The first-order valence-corrected chi connectivity index (χ1v) is 8.24. The van der Waals surface area contributed by atoms with Crippen LogP contribution in [0.1, 0.15) is 26.7 Å². The van der Waals surface area contributed by atoms with E-state index in [2.05, 4.69) is 0 Å². The van der Waals surface area contributed by atoms with Gasteiger partial charge < -0.3 is 14.2 Å². The minimum atomic E-state index is -1.69. The maximum absolute atomic E-state index is 12.8. The summed E-state index contributed by atoms with van der Waals surface area (Å²) in [6, 6.07) is 0. The molecule has 4 atom stereocenters. The molecule has 24 heavy (non-hydrogen) atoms. The van der Waals surface area contributed by atoms with Gasteiger partial charge in [-0.1, -0.05) is 12.2 Å². The van der Waals surface area contributed by atoms with Gasteiger partial charge in [0.25, 0.3) is 0 Å². The summed E-state index contributed by atoms with van der Waals surface area (Å²) in [4.78, 5) is 36.3. The first kappa shape index (κ1) is 16.9. The van der Waals surface area contributed by atoms with Crippen molar-refractivity contribution in [2.24, 2.45) is 17.3 Å². The van der Waals surface area contributed by atoms with Crippen LogP contribution in [0.3, 0.4) is 0 Å². The highest BCUT2D eigenvalue weighted by molar-refractivity contribution is 6.01. The fraction of sp³-hybridized carbons (Fsp3) is 0.750. The Bertz CT molecular complexity index is 583. The van der Waals surface area contributed by atoms with Gasteiger partial charge in [0.1, 0.15) is 5.60 Å². The van der Waals surface area contributed by atoms with Gasteiger partial charge in [0.2, 0.25) is 6.54 Å². The zero-order valence-electron chi connectivity index (χ0n) is 13.7. The highest BCUT2D eigenvalue weighted by Gasteiger charge is 2.75. The Morgan fingerprint density at radius 2 is 1.92 bits per heavy atom. The second-order valence-corrected chi connectivity index (χ2v) is 6.49. The van der Waals surface area contributed by atoms with E-state index in [-0.39, 0.29) is 31.7 Å². The molecule has 3 aliphatic rings. The third-order valence-electron chi connectivity index (χ3n) is 5.40. The Labute approximate surface area is 139 Å². The molecule has 0 aromatic carbocycles. The maximum atomic E-state index is 12.8. The van der Waals surface area contributed by atoms with Gasteiger partial charge in [-0.05, 0) is 32.6 Å². The first-order valence-electron chi connectivity index (χ1n) is 8.24. The third kappa shape index (κ3) is 2.16. The van der Waals surface area contributed by atoms with Crippen LogP contribution < -0.4 is 0 Å². The minimum Gasteiger partial charge on any atom is -0.465 e. The number of fused-ring (bicyclic) bond motifs is 1. The summed E-state index contributed by atoms with van der Waals surface area (Å²) in [5.74, 6) is -2.57. The van der Waals surface area contributed by atoms with Gasteiger partial charge in [0, 0.05) is 4.92 Å². The van der Waals surface area contributed by atoms with Gasteiger partial charge in [-0.25, -0.2) is 0 Å². The van der Waals surface area contributed by atoms with Crippen LogP contribution in [-0.4, -0.2) is 48.3 Å². The molecular weight excluding hydrogens is 318 g/mol. The number of nitrogens with zero attached hydrogens (tertiary/aromatic N) is 1. The second kappa shape index (κ2) is 5.84. The highest BCUT2D eigenvalue weighted by Crippen LogP contribution is 2.63. The van der Waals surface area contributed by atoms with Crippen LogP contribution in [0.2, 0.25) is 0 Å². The lowest BCUT2D eigenvalue weighted by molar-refractivity contribution is -0.494. The second-order valence-electron chi connectivity index (χ2n) is 6.49. The van der Waals surface area contributed by atoms with Crippen molar-refractivity contribution in [2.45, 2.75) is 38.4 Å². The van der Waals surface area contributed by atoms with Gasteiger partial charge in [-0.3, -0.25) is 19.7 Å². The fourth-order valence-corrected chi connectivity index (χ4v) is 4.57. The van der Waals surface area contributed by atoms with Crippen molar-refractivity contribution in [1.82, 2.24) is 0 Å². The molecule has 4 unspecified atom stereocenters. The molecule has 2 aliphatic heterocycles.